The van der Waals surface area contributed by atoms with E-state index in [9.17, 15) is 9.59 Å². The van der Waals surface area contributed by atoms with E-state index in [0.717, 1.165) is 0 Å². The van der Waals surface area contributed by atoms with Gasteiger partial charge in [0.15, 0.2) is 0 Å². The van der Waals surface area contributed by atoms with Gasteiger partial charge in [0.05, 0.1) is 25.0 Å². The first-order valence-corrected chi connectivity index (χ1v) is 6.00. The maximum Gasteiger partial charge on any atom is 0.308 e. The average molecular weight is 246 g/mol. The van der Waals surface area contributed by atoms with E-state index >= 15 is 0 Å². The zero-order valence-corrected chi connectivity index (χ0v) is 10.8. The smallest absolute Gasteiger partial charge is 0.308 e. The van der Waals surface area contributed by atoms with Crippen molar-refractivity contribution >= 4 is 11.9 Å². The van der Waals surface area contributed by atoms with Crippen molar-refractivity contribution in [1.82, 2.24) is 0 Å². The Kier molecular flexibility index (Phi) is 8.40. The fourth-order valence-electron chi connectivity index (χ4n) is 1.50. The van der Waals surface area contributed by atoms with Gasteiger partial charge in [-0.15, -0.1) is 0 Å². The molecule has 0 fully saturated rings. The van der Waals surface area contributed by atoms with E-state index < -0.39 is 0 Å². The molecule has 5 heteroatoms. The van der Waals surface area contributed by atoms with Crippen molar-refractivity contribution in [3.05, 3.63) is 0 Å². The molecular weight excluding hydrogens is 224 g/mol. The summed E-state index contributed by atoms with van der Waals surface area (Å²) in [6, 6.07) is 0. The zero-order valence-electron chi connectivity index (χ0n) is 10.8. The summed E-state index contributed by atoms with van der Waals surface area (Å²) in [6.45, 7) is 5.50. The van der Waals surface area contributed by atoms with Crippen LogP contribution in [0.1, 0.15) is 33.6 Å². The van der Waals surface area contributed by atoms with E-state index in [1.165, 1.54) is 0 Å². The molecule has 0 saturated heterocycles. The molecule has 2 atom stereocenters. The monoisotopic (exact) mass is 246 g/mol. The minimum atomic E-state index is -0.387. The second kappa shape index (κ2) is 8.98. The summed E-state index contributed by atoms with van der Waals surface area (Å²) in [5, 5.41) is 8.53. The number of esters is 2. The van der Waals surface area contributed by atoms with Crippen molar-refractivity contribution in [2.45, 2.75) is 33.6 Å². The van der Waals surface area contributed by atoms with Crippen LogP contribution in [0.5, 0.6) is 0 Å². The lowest BCUT2D eigenvalue weighted by Crippen LogP contribution is -2.24. The maximum atomic E-state index is 11.5. The fraction of sp³-hybridized carbons (Fsp3) is 0.833. The number of carbonyl (C=O) groups is 2. The molecule has 0 heterocycles. The molecule has 0 aromatic carbocycles. The maximum absolute atomic E-state index is 11.5. The second-order valence-electron chi connectivity index (χ2n) is 3.89. The standard InChI is InChI=1S/C12H22O5/c1-4-10(12(15)16-5-2)8-9(3)11(14)17-7-6-13/h9-10,13H,4-8H2,1-3H3. The van der Waals surface area contributed by atoms with Gasteiger partial charge in [-0.25, -0.2) is 0 Å². The quantitative estimate of drug-likeness (QED) is 0.650. The van der Waals surface area contributed by atoms with Crippen molar-refractivity contribution in [1.29, 1.82) is 0 Å². The SMILES string of the molecule is CCOC(=O)C(CC)CC(C)C(=O)OCCO. The Hall–Kier alpha value is -1.10. The molecular formula is C12H22O5. The van der Waals surface area contributed by atoms with Crippen LogP contribution >= 0.6 is 0 Å². The van der Waals surface area contributed by atoms with Crippen LogP contribution in [0.3, 0.4) is 0 Å². The van der Waals surface area contributed by atoms with Crippen molar-refractivity contribution < 1.29 is 24.2 Å². The Labute approximate surface area is 102 Å². The van der Waals surface area contributed by atoms with Gasteiger partial charge in [-0.2, -0.15) is 0 Å². The first-order valence-electron chi connectivity index (χ1n) is 6.00. The molecule has 0 radical (unpaired) electrons. The van der Waals surface area contributed by atoms with Crippen LogP contribution in [-0.2, 0) is 19.1 Å². The predicted molar refractivity (Wildman–Crippen MR) is 62.2 cm³/mol. The van der Waals surface area contributed by atoms with Gasteiger partial charge in [0.25, 0.3) is 0 Å². The normalized spacial score (nSPS) is 13.9. The third-order valence-corrected chi connectivity index (χ3v) is 2.49. The van der Waals surface area contributed by atoms with Gasteiger partial charge in [-0.1, -0.05) is 13.8 Å². The van der Waals surface area contributed by atoms with Crippen molar-refractivity contribution in [3.63, 3.8) is 0 Å². The summed E-state index contributed by atoms with van der Waals surface area (Å²) in [6.07, 6.45) is 1.05. The molecule has 5 nitrogen and oxygen atoms in total. The Morgan fingerprint density at radius 2 is 1.82 bits per heavy atom. The molecule has 0 spiro atoms. The van der Waals surface area contributed by atoms with Gasteiger partial charge in [-0.05, 0) is 19.8 Å². The van der Waals surface area contributed by atoms with Crippen LogP contribution in [0.4, 0.5) is 0 Å². The Morgan fingerprint density at radius 1 is 1.18 bits per heavy atom. The molecule has 0 aliphatic heterocycles. The highest BCUT2D eigenvalue weighted by atomic mass is 16.5. The summed E-state index contributed by atoms with van der Waals surface area (Å²) in [5.41, 5.74) is 0. The third-order valence-electron chi connectivity index (χ3n) is 2.49. The van der Waals surface area contributed by atoms with Crippen LogP contribution < -0.4 is 0 Å². The Morgan fingerprint density at radius 3 is 2.29 bits per heavy atom. The minimum Gasteiger partial charge on any atom is -0.466 e. The molecule has 0 aromatic heterocycles. The number of ether oxygens (including phenoxy) is 2. The second-order valence-corrected chi connectivity index (χ2v) is 3.89. The summed E-state index contributed by atoms with van der Waals surface area (Å²) < 4.78 is 9.72. The topological polar surface area (TPSA) is 72.8 Å². The van der Waals surface area contributed by atoms with E-state index in [0.29, 0.717) is 19.4 Å². The summed E-state index contributed by atoms with van der Waals surface area (Å²) in [4.78, 5) is 23.0. The number of hydrogen-bond acceptors (Lipinski definition) is 5. The van der Waals surface area contributed by atoms with Gasteiger partial charge in [0.2, 0.25) is 0 Å². The van der Waals surface area contributed by atoms with Crippen LogP contribution in [0.2, 0.25) is 0 Å². The highest BCUT2D eigenvalue weighted by Gasteiger charge is 2.24. The first kappa shape index (κ1) is 15.9. The molecule has 100 valence electrons. The fourth-order valence-corrected chi connectivity index (χ4v) is 1.50. The van der Waals surface area contributed by atoms with Crippen LogP contribution in [-0.4, -0.2) is 36.9 Å². The van der Waals surface area contributed by atoms with E-state index in [4.69, 9.17) is 14.6 Å². The summed E-state index contributed by atoms with van der Waals surface area (Å²) >= 11 is 0. The van der Waals surface area contributed by atoms with E-state index in [-0.39, 0.29) is 37.0 Å². The Bertz CT molecular complexity index is 239. The number of rotatable bonds is 8. The van der Waals surface area contributed by atoms with Crippen molar-refractivity contribution in [2.24, 2.45) is 11.8 Å². The lowest BCUT2D eigenvalue weighted by atomic mass is 9.94. The van der Waals surface area contributed by atoms with Crippen molar-refractivity contribution in [3.8, 4) is 0 Å². The van der Waals surface area contributed by atoms with Gasteiger partial charge < -0.3 is 14.6 Å². The number of carbonyl (C=O) groups excluding carboxylic acids is 2. The summed E-state index contributed by atoms with van der Waals surface area (Å²) in [5.74, 6) is -1.29. The molecule has 0 saturated carbocycles. The molecule has 0 aromatic rings. The molecule has 0 rings (SSSR count). The molecule has 1 N–H and O–H groups in total. The molecule has 0 bridgehead atoms. The minimum absolute atomic E-state index is 0.000624. The molecule has 0 aliphatic carbocycles. The van der Waals surface area contributed by atoms with E-state index in [2.05, 4.69) is 0 Å². The first-order chi connectivity index (χ1) is 8.06. The number of aliphatic hydroxyl groups is 1. The number of aliphatic hydroxyl groups excluding tert-OH is 1. The lowest BCUT2D eigenvalue weighted by molar-refractivity contribution is -0.152. The highest BCUT2D eigenvalue weighted by Crippen LogP contribution is 2.18. The van der Waals surface area contributed by atoms with Gasteiger partial charge in [0, 0.05) is 0 Å². The highest BCUT2D eigenvalue weighted by molar-refractivity contribution is 5.75. The van der Waals surface area contributed by atoms with E-state index in [1.54, 1.807) is 13.8 Å². The predicted octanol–water partition coefficient (Wildman–Crippen LogP) is 1.14. The molecule has 2 unspecified atom stereocenters. The molecule has 17 heavy (non-hydrogen) atoms. The van der Waals surface area contributed by atoms with Gasteiger partial charge in [0.1, 0.15) is 6.61 Å². The molecule has 0 amide bonds. The van der Waals surface area contributed by atoms with Crippen LogP contribution in [0, 0.1) is 11.8 Å². The largest absolute Gasteiger partial charge is 0.466 e. The van der Waals surface area contributed by atoms with Crippen LogP contribution in [0.15, 0.2) is 0 Å². The van der Waals surface area contributed by atoms with Crippen LogP contribution in [0.25, 0.3) is 0 Å². The Balaban J connectivity index is 4.17. The third kappa shape index (κ3) is 6.26. The average Bonchev–Trinajstić information content (AvgIpc) is 2.32. The zero-order chi connectivity index (χ0) is 13.3. The molecule has 0 aliphatic rings. The van der Waals surface area contributed by atoms with E-state index in [1.807, 2.05) is 6.92 Å². The number of hydrogen-bond donors (Lipinski definition) is 1. The lowest BCUT2D eigenvalue weighted by Gasteiger charge is -2.17. The summed E-state index contributed by atoms with van der Waals surface area (Å²) in [7, 11) is 0. The van der Waals surface area contributed by atoms with Gasteiger partial charge >= 0.3 is 11.9 Å². The van der Waals surface area contributed by atoms with Gasteiger partial charge in [-0.3, -0.25) is 9.59 Å². The van der Waals surface area contributed by atoms with Crippen molar-refractivity contribution in [2.75, 3.05) is 19.8 Å².